The van der Waals surface area contributed by atoms with E-state index in [4.69, 9.17) is 16.3 Å². The summed E-state index contributed by atoms with van der Waals surface area (Å²) in [7, 11) is 0. The van der Waals surface area contributed by atoms with Crippen LogP contribution in [0.3, 0.4) is 0 Å². The highest BCUT2D eigenvalue weighted by molar-refractivity contribution is 6.30. The quantitative estimate of drug-likeness (QED) is 0.435. The molecule has 0 radical (unpaired) electrons. The van der Waals surface area contributed by atoms with Crippen LogP contribution in [0.2, 0.25) is 5.02 Å². The van der Waals surface area contributed by atoms with E-state index in [1.807, 2.05) is 0 Å². The normalized spacial score (nSPS) is 17.1. The predicted octanol–water partition coefficient (Wildman–Crippen LogP) is 3.99. The molecule has 1 fully saturated rings. The summed E-state index contributed by atoms with van der Waals surface area (Å²) in [5.41, 5.74) is -0.163. The lowest BCUT2D eigenvalue weighted by molar-refractivity contribution is -0.386. The van der Waals surface area contributed by atoms with Gasteiger partial charge in [0.15, 0.2) is 6.10 Å². The summed E-state index contributed by atoms with van der Waals surface area (Å²) in [6.07, 6.45) is 0.274. The molecule has 2 amide bonds. The van der Waals surface area contributed by atoms with Crippen molar-refractivity contribution in [2.45, 2.75) is 25.4 Å². The lowest BCUT2D eigenvalue weighted by Gasteiger charge is -2.23. The summed E-state index contributed by atoms with van der Waals surface area (Å²) in [6.45, 7) is 0.200. The third kappa shape index (κ3) is 4.28. The number of imide groups is 1. The Morgan fingerprint density at radius 3 is 2.61 bits per heavy atom. The Bertz CT molecular complexity index is 919. The first-order valence-corrected chi connectivity index (χ1v) is 8.96. The van der Waals surface area contributed by atoms with Crippen molar-refractivity contribution in [2.75, 3.05) is 6.54 Å². The van der Waals surface area contributed by atoms with Crippen LogP contribution in [-0.2, 0) is 4.79 Å². The van der Waals surface area contributed by atoms with E-state index in [2.05, 4.69) is 0 Å². The smallest absolute Gasteiger partial charge is 0.311 e. The number of hydrogen-bond acceptors (Lipinski definition) is 5. The van der Waals surface area contributed by atoms with Crippen molar-refractivity contribution in [3.05, 3.63) is 69.0 Å². The Morgan fingerprint density at radius 1 is 1.21 bits per heavy atom. The van der Waals surface area contributed by atoms with Gasteiger partial charge >= 0.3 is 5.69 Å². The van der Waals surface area contributed by atoms with Gasteiger partial charge in [-0.2, -0.15) is 0 Å². The van der Waals surface area contributed by atoms with Gasteiger partial charge in [0, 0.05) is 29.3 Å². The fourth-order valence-electron chi connectivity index (χ4n) is 2.95. The summed E-state index contributed by atoms with van der Waals surface area (Å²) in [4.78, 5) is 37.1. The Hall–Kier alpha value is -3.00. The number of carbonyl (C=O) groups is 2. The highest BCUT2D eigenvalue weighted by Gasteiger charge is 2.34. The number of benzene rings is 2. The van der Waals surface area contributed by atoms with E-state index in [0.717, 1.165) is 23.1 Å². The maximum Gasteiger partial charge on any atom is 0.311 e. The minimum absolute atomic E-state index is 0.200. The van der Waals surface area contributed by atoms with Crippen LogP contribution in [0.25, 0.3) is 0 Å². The first-order valence-electron chi connectivity index (χ1n) is 8.58. The number of nitro benzene ring substituents is 1. The number of carbonyl (C=O) groups excluding carboxylic acids is 2. The molecule has 146 valence electrons. The first-order chi connectivity index (χ1) is 13.4. The molecule has 0 bridgehead atoms. The topological polar surface area (TPSA) is 89.8 Å². The van der Waals surface area contributed by atoms with Gasteiger partial charge in [-0.1, -0.05) is 11.6 Å². The molecule has 3 rings (SSSR count). The molecule has 1 aliphatic heterocycles. The van der Waals surface area contributed by atoms with Gasteiger partial charge in [0.1, 0.15) is 5.82 Å². The summed E-state index contributed by atoms with van der Waals surface area (Å²) in [5.74, 6) is -2.19. The molecule has 28 heavy (non-hydrogen) atoms. The number of nitrogens with zero attached hydrogens (tertiary/aromatic N) is 2. The molecule has 2 aromatic carbocycles. The van der Waals surface area contributed by atoms with Crippen LogP contribution < -0.4 is 4.74 Å². The van der Waals surface area contributed by atoms with E-state index in [1.165, 1.54) is 12.1 Å². The highest BCUT2D eigenvalue weighted by atomic mass is 35.5. The second kappa shape index (κ2) is 8.35. The van der Waals surface area contributed by atoms with Gasteiger partial charge in [-0.3, -0.25) is 24.6 Å². The van der Waals surface area contributed by atoms with Crippen molar-refractivity contribution >= 4 is 29.1 Å². The van der Waals surface area contributed by atoms with Crippen LogP contribution >= 0.6 is 11.6 Å². The second-order valence-electron chi connectivity index (χ2n) is 6.27. The summed E-state index contributed by atoms with van der Waals surface area (Å²) in [6, 6.07) is 8.88. The largest absolute Gasteiger partial charge is 0.473 e. The van der Waals surface area contributed by atoms with Crippen molar-refractivity contribution in [1.29, 1.82) is 0 Å². The molecular formula is C19H16ClFN2O5. The zero-order chi connectivity index (χ0) is 20.3. The maximum absolute atomic E-state index is 13.5. The Morgan fingerprint density at radius 2 is 1.93 bits per heavy atom. The Kier molecular flexibility index (Phi) is 5.89. The van der Waals surface area contributed by atoms with Gasteiger partial charge in [-0.15, -0.1) is 0 Å². The van der Waals surface area contributed by atoms with Gasteiger partial charge in [-0.05, 0) is 49.6 Å². The van der Waals surface area contributed by atoms with E-state index in [9.17, 15) is 24.1 Å². The molecule has 2 aromatic rings. The molecule has 0 N–H and O–H groups in total. The van der Waals surface area contributed by atoms with Gasteiger partial charge in [0.25, 0.3) is 11.8 Å². The Balaban J connectivity index is 1.85. The molecule has 0 spiro atoms. The number of halogens is 2. The summed E-state index contributed by atoms with van der Waals surface area (Å²) in [5, 5.41) is 11.6. The number of rotatable bonds is 4. The molecule has 0 saturated carbocycles. The zero-order valence-electron chi connectivity index (χ0n) is 14.6. The van der Waals surface area contributed by atoms with Crippen molar-refractivity contribution in [3.63, 3.8) is 0 Å². The van der Waals surface area contributed by atoms with Crippen LogP contribution in [0, 0.1) is 15.9 Å². The van der Waals surface area contributed by atoms with Crippen molar-refractivity contribution in [3.8, 4) is 5.75 Å². The first kappa shape index (κ1) is 19.8. The molecule has 1 aliphatic rings. The average Bonchev–Trinajstić information content (AvgIpc) is 2.83. The Labute approximate surface area is 164 Å². The third-order valence-corrected chi connectivity index (χ3v) is 4.62. The maximum atomic E-state index is 13.5. The standard InChI is InChI=1S/C19H16ClFN2O5/c20-13-6-4-12(5-7-13)18(24)22-10-2-1-3-16(19(22)25)28-17-11-14(21)8-9-15(17)23(26)27/h4-9,11,16H,1-3,10H2/t16-/m1/s1. The van der Waals surface area contributed by atoms with Crippen LogP contribution in [0.1, 0.15) is 29.6 Å². The average molecular weight is 407 g/mol. The number of amides is 2. The molecule has 0 unspecified atom stereocenters. The van der Waals surface area contributed by atoms with Crippen LogP contribution in [0.5, 0.6) is 5.75 Å². The third-order valence-electron chi connectivity index (χ3n) is 4.36. The fraction of sp³-hybridized carbons (Fsp3) is 0.263. The van der Waals surface area contributed by atoms with Crippen LogP contribution in [-0.4, -0.2) is 34.3 Å². The van der Waals surface area contributed by atoms with Crippen molar-refractivity contribution in [2.24, 2.45) is 0 Å². The van der Waals surface area contributed by atoms with Gasteiger partial charge in [-0.25, -0.2) is 4.39 Å². The molecule has 0 aromatic heterocycles. The van der Waals surface area contributed by atoms with E-state index in [0.29, 0.717) is 17.9 Å². The molecule has 1 saturated heterocycles. The van der Waals surface area contributed by atoms with Crippen molar-refractivity contribution < 1.29 is 23.6 Å². The molecule has 7 nitrogen and oxygen atoms in total. The molecule has 0 aliphatic carbocycles. The highest BCUT2D eigenvalue weighted by Crippen LogP contribution is 2.30. The van der Waals surface area contributed by atoms with Gasteiger partial charge < -0.3 is 4.74 Å². The molecular weight excluding hydrogens is 391 g/mol. The monoisotopic (exact) mass is 406 g/mol. The SMILES string of the molecule is O=C(c1ccc(Cl)cc1)N1CCCC[C@@H](Oc2cc(F)ccc2[N+](=O)[O-])C1=O. The van der Waals surface area contributed by atoms with Crippen LogP contribution in [0.15, 0.2) is 42.5 Å². The molecule has 9 heteroatoms. The lowest BCUT2D eigenvalue weighted by atomic mass is 10.1. The summed E-state index contributed by atoms with van der Waals surface area (Å²) < 4.78 is 19.0. The lowest BCUT2D eigenvalue weighted by Crippen LogP contribution is -2.44. The minimum Gasteiger partial charge on any atom is -0.473 e. The predicted molar refractivity (Wildman–Crippen MR) is 98.8 cm³/mol. The fourth-order valence-corrected chi connectivity index (χ4v) is 3.08. The number of likely N-dealkylation sites (tertiary alicyclic amines) is 1. The van der Waals surface area contributed by atoms with Gasteiger partial charge in [0.05, 0.1) is 4.92 Å². The van der Waals surface area contributed by atoms with Gasteiger partial charge in [0.2, 0.25) is 5.75 Å². The number of hydrogen-bond donors (Lipinski definition) is 0. The minimum atomic E-state index is -1.13. The van der Waals surface area contributed by atoms with E-state index < -0.39 is 34.3 Å². The molecule has 1 heterocycles. The zero-order valence-corrected chi connectivity index (χ0v) is 15.4. The van der Waals surface area contributed by atoms with E-state index >= 15 is 0 Å². The molecule has 1 atom stereocenters. The van der Waals surface area contributed by atoms with Crippen LogP contribution in [0.4, 0.5) is 10.1 Å². The van der Waals surface area contributed by atoms with E-state index in [1.54, 1.807) is 12.1 Å². The number of ether oxygens (including phenoxy) is 1. The summed E-state index contributed by atoms with van der Waals surface area (Å²) >= 11 is 5.83. The number of nitro groups is 1. The van der Waals surface area contributed by atoms with Crippen molar-refractivity contribution in [1.82, 2.24) is 4.90 Å². The second-order valence-corrected chi connectivity index (χ2v) is 6.71. The van der Waals surface area contributed by atoms with E-state index in [-0.39, 0.29) is 24.3 Å².